The van der Waals surface area contributed by atoms with Crippen LogP contribution in [0.4, 0.5) is 17.6 Å². The van der Waals surface area contributed by atoms with Gasteiger partial charge in [0.1, 0.15) is 5.82 Å². The van der Waals surface area contributed by atoms with Crippen LogP contribution >= 0.6 is 0 Å². The molecule has 0 unspecified atom stereocenters. The van der Waals surface area contributed by atoms with Crippen LogP contribution in [0.25, 0.3) is 11.1 Å². The van der Waals surface area contributed by atoms with Gasteiger partial charge in [0.05, 0.1) is 0 Å². The van der Waals surface area contributed by atoms with Gasteiger partial charge in [-0.15, -0.1) is 0 Å². The van der Waals surface area contributed by atoms with Gasteiger partial charge < -0.3 is 0 Å². The van der Waals surface area contributed by atoms with Crippen LogP contribution in [0.15, 0.2) is 35.9 Å². The fourth-order valence-electron chi connectivity index (χ4n) is 3.51. The predicted octanol–water partition coefficient (Wildman–Crippen LogP) is 6.91. The van der Waals surface area contributed by atoms with Crippen LogP contribution in [0.2, 0.25) is 0 Å². The van der Waals surface area contributed by atoms with E-state index in [0.29, 0.717) is 18.4 Å². The molecule has 3 rings (SSSR count). The van der Waals surface area contributed by atoms with E-state index in [1.807, 2.05) is 6.07 Å². The minimum Gasteiger partial charge on any atom is -0.206 e. The highest BCUT2D eigenvalue weighted by atomic mass is 19.2. The smallest absolute Gasteiger partial charge is 0.194 e. The lowest BCUT2D eigenvalue weighted by Crippen LogP contribution is -2.07. The molecule has 2 aromatic carbocycles. The highest BCUT2D eigenvalue weighted by Crippen LogP contribution is 2.33. The van der Waals surface area contributed by atoms with Crippen LogP contribution in [-0.4, -0.2) is 0 Å². The molecule has 0 saturated heterocycles. The SMILES string of the molecule is CCCCCCC1=CCc2c(ccc(-c3cc(F)c(F)c(F)c3)c2F)C1. The zero-order valence-electron chi connectivity index (χ0n) is 14.8. The van der Waals surface area contributed by atoms with Crippen LogP contribution < -0.4 is 0 Å². The van der Waals surface area contributed by atoms with E-state index in [9.17, 15) is 17.6 Å². The molecule has 0 spiro atoms. The van der Waals surface area contributed by atoms with E-state index in [4.69, 9.17) is 0 Å². The maximum Gasteiger partial charge on any atom is 0.194 e. The molecule has 1 aliphatic rings. The van der Waals surface area contributed by atoms with E-state index < -0.39 is 23.3 Å². The summed E-state index contributed by atoms with van der Waals surface area (Å²) >= 11 is 0. The second kappa shape index (κ2) is 8.07. The molecule has 0 aliphatic heterocycles. The van der Waals surface area contributed by atoms with Crippen LogP contribution in [-0.2, 0) is 12.8 Å². The summed E-state index contributed by atoms with van der Waals surface area (Å²) in [4.78, 5) is 0. The minimum atomic E-state index is -1.54. The van der Waals surface area contributed by atoms with Crippen LogP contribution in [0.5, 0.6) is 0 Å². The van der Waals surface area contributed by atoms with Crippen molar-refractivity contribution in [3.05, 3.63) is 70.3 Å². The molecule has 0 amide bonds. The van der Waals surface area contributed by atoms with Crippen molar-refractivity contribution in [3.8, 4) is 11.1 Å². The third-order valence-electron chi connectivity index (χ3n) is 5.00. The lowest BCUT2D eigenvalue weighted by Gasteiger charge is -2.19. The van der Waals surface area contributed by atoms with E-state index in [1.165, 1.54) is 30.9 Å². The summed E-state index contributed by atoms with van der Waals surface area (Å²) in [6.45, 7) is 2.18. The molecule has 1 aliphatic carbocycles. The lowest BCUT2D eigenvalue weighted by molar-refractivity contribution is 0.447. The van der Waals surface area contributed by atoms with Crippen molar-refractivity contribution in [1.82, 2.24) is 0 Å². The number of allylic oxidation sites excluding steroid dienone is 2. The Balaban J connectivity index is 1.82. The number of halogens is 4. The summed E-state index contributed by atoms with van der Waals surface area (Å²) in [5.74, 6) is -4.64. The molecule has 26 heavy (non-hydrogen) atoms. The van der Waals surface area contributed by atoms with E-state index in [1.54, 1.807) is 0 Å². The van der Waals surface area contributed by atoms with E-state index in [-0.39, 0.29) is 11.1 Å². The van der Waals surface area contributed by atoms with Gasteiger partial charge in [0.15, 0.2) is 17.5 Å². The van der Waals surface area contributed by atoms with Gasteiger partial charge >= 0.3 is 0 Å². The number of unbranched alkanes of at least 4 members (excludes halogenated alkanes) is 3. The summed E-state index contributed by atoms with van der Waals surface area (Å²) in [6, 6.07) is 5.01. The summed E-state index contributed by atoms with van der Waals surface area (Å²) in [7, 11) is 0. The second-order valence-electron chi connectivity index (χ2n) is 6.87. The highest BCUT2D eigenvalue weighted by molar-refractivity contribution is 5.67. The average Bonchev–Trinajstić information content (AvgIpc) is 2.63. The second-order valence-corrected chi connectivity index (χ2v) is 6.87. The fraction of sp³-hybridized carbons (Fsp3) is 0.364. The minimum absolute atomic E-state index is 0.0102. The Morgan fingerprint density at radius 2 is 1.62 bits per heavy atom. The third-order valence-corrected chi connectivity index (χ3v) is 5.00. The molecular formula is C22H22F4. The van der Waals surface area contributed by atoms with Gasteiger partial charge in [0.2, 0.25) is 0 Å². The van der Waals surface area contributed by atoms with Crippen molar-refractivity contribution in [2.24, 2.45) is 0 Å². The van der Waals surface area contributed by atoms with Gasteiger partial charge in [-0.2, -0.15) is 0 Å². The average molecular weight is 362 g/mol. The molecule has 4 heteroatoms. The molecule has 0 saturated carbocycles. The fourth-order valence-corrected chi connectivity index (χ4v) is 3.51. The molecule has 0 bridgehead atoms. The number of hydrogen-bond acceptors (Lipinski definition) is 0. The topological polar surface area (TPSA) is 0 Å². The maximum absolute atomic E-state index is 14.9. The lowest BCUT2D eigenvalue weighted by atomic mass is 9.86. The predicted molar refractivity (Wildman–Crippen MR) is 96.0 cm³/mol. The molecule has 0 radical (unpaired) electrons. The molecular weight excluding hydrogens is 340 g/mol. The molecule has 0 heterocycles. The van der Waals surface area contributed by atoms with Crippen molar-refractivity contribution < 1.29 is 17.6 Å². The molecule has 0 fully saturated rings. The van der Waals surface area contributed by atoms with Gasteiger partial charge in [-0.1, -0.05) is 50.0 Å². The summed E-state index contributed by atoms with van der Waals surface area (Å²) in [5.41, 5.74) is 2.91. The van der Waals surface area contributed by atoms with E-state index in [2.05, 4.69) is 13.0 Å². The summed E-state index contributed by atoms with van der Waals surface area (Å²) in [6.07, 6.45) is 9.05. The first-order valence-electron chi connectivity index (χ1n) is 9.14. The standard InChI is InChI=1S/C22H22F4/c1-2-3-4-5-6-14-7-9-17-15(11-14)8-10-18(21(17)25)16-12-19(23)22(26)20(24)13-16/h7-8,10,12-13H,2-6,9,11H2,1H3. The van der Waals surface area contributed by atoms with Gasteiger partial charge in [-0.05, 0) is 54.5 Å². The Morgan fingerprint density at radius 1 is 0.885 bits per heavy atom. The van der Waals surface area contributed by atoms with Gasteiger partial charge in [0, 0.05) is 5.56 Å². The molecule has 138 valence electrons. The van der Waals surface area contributed by atoms with Gasteiger partial charge in [-0.25, -0.2) is 17.6 Å². The first-order chi connectivity index (χ1) is 12.5. The van der Waals surface area contributed by atoms with Crippen molar-refractivity contribution in [2.75, 3.05) is 0 Å². The first-order valence-corrected chi connectivity index (χ1v) is 9.14. The van der Waals surface area contributed by atoms with Crippen molar-refractivity contribution >= 4 is 0 Å². The number of fused-ring (bicyclic) bond motifs is 1. The van der Waals surface area contributed by atoms with Crippen LogP contribution in [0, 0.1) is 23.3 Å². The Morgan fingerprint density at radius 3 is 2.31 bits per heavy atom. The summed E-state index contributed by atoms with van der Waals surface area (Å²) < 4.78 is 55.0. The third kappa shape index (κ3) is 3.84. The zero-order chi connectivity index (χ0) is 18.7. The molecule has 0 N–H and O–H groups in total. The van der Waals surface area contributed by atoms with E-state index in [0.717, 1.165) is 30.5 Å². The highest BCUT2D eigenvalue weighted by Gasteiger charge is 2.20. The Kier molecular flexibility index (Phi) is 5.80. The summed E-state index contributed by atoms with van der Waals surface area (Å²) in [5, 5.41) is 0. The van der Waals surface area contributed by atoms with Crippen molar-refractivity contribution in [3.63, 3.8) is 0 Å². The Bertz CT molecular complexity index is 813. The number of rotatable bonds is 6. The van der Waals surface area contributed by atoms with Gasteiger partial charge in [-0.3, -0.25) is 0 Å². The van der Waals surface area contributed by atoms with Crippen LogP contribution in [0.3, 0.4) is 0 Å². The molecule has 2 aromatic rings. The molecule has 0 aromatic heterocycles. The maximum atomic E-state index is 14.9. The normalized spacial score (nSPS) is 13.5. The Labute approximate surface area is 151 Å². The Hall–Kier alpha value is -2.10. The van der Waals surface area contributed by atoms with Crippen molar-refractivity contribution in [2.45, 2.75) is 51.9 Å². The zero-order valence-corrected chi connectivity index (χ0v) is 14.8. The van der Waals surface area contributed by atoms with Crippen LogP contribution in [0.1, 0.15) is 50.2 Å². The number of benzene rings is 2. The largest absolute Gasteiger partial charge is 0.206 e. The quantitative estimate of drug-likeness (QED) is 0.227. The van der Waals surface area contributed by atoms with Gasteiger partial charge in [0.25, 0.3) is 0 Å². The monoisotopic (exact) mass is 362 g/mol. The first kappa shape index (κ1) is 18.7. The molecule has 0 nitrogen and oxygen atoms in total. The molecule has 0 atom stereocenters. The van der Waals surface area contributed by atoms with Crippen molar-refractivity contribution in [1.29, 1.82) is 0 Å². The number of hydrogen-bond donors (Lipinski definition) is 0. The van der Waals surface area contributed by atoms with E-state index >= 15 is 0 Å².